The second-order valence-electron chi connectivity index (χ2n) is 5.00. The van der Waals surface area contributed by atoms with Crippen molar-refractivity contribution in [1.29, 1.82) is 0 Å². The van der Waals surface area contributed by atoms with Gasteiger partial charge in [-0.25, -0.2) is 4.39 Å². The normalized spacial score (nSPS) is 10.2. The Morgan fingerprint density at radius 1 is 1.13 bits per heavy atom. The highest BCUT2D eigenvalue weighted by Crippen LogP contribution is 2.10. The number of hydrogen-bond donors (Lipinski definition) is 2. The third kappa shape index (κ3) is 4.88. The maximum atomic E-state index is 12.8. The molecule has 0 bridgehead atoms. The molecule has 0 aliphatic heterocycles. The van der Waals surface area contributed by atoms with Gasteiger partial charge < -0.3 is 10.6 Å². The Labute approximate surface area is 133 Å². The fourth-order valence-electron chi connectivity index (χ4n) is 1.91. The summed E-state index contributed by atoms with van der Waals surface area (Å²) in [5, 5.41) is 5.39. The predicted molar refractivity (Wildman–Crippen MR) is 85.8 cm³/mol. The number of anilines is 1. The highest BCUT2D eigenvalue weighted by atomic mass is 19.1. The zero-order valence-corrected chi connectivity index (χ0v) is 12.8. The molecule has 2 aromatic rings. The molecule has 2 rings (SSSR count). The molecule has 1 aromatic heterocycles. The SMILES string of the molecule is CCCCNC(=O)c1ccnc(C(=O)Nc2ccc(F)cc2)c1. The van der Waals surface area contributed by atoms with Crippen LogP contribution in [0.3, 0.4) is 0 Å². The van der Waals surface area contributed by atoms with Gasteiger partial charge in [0.1, 0.15) is 11.5 Å². The number of amides is 2. The fourth-order valence-corrected chi connectivity index (χ4v) is 1.91. The van der Waals surface area contributed by atoms with Gasteiger partial charge in [0.25, 0.3) is 11.8 Å². The summed E-state index contributed by atoms with van der Waals surface area (Å²) in [6, 6.07) is 8.39. The zero-order chi connectivity index (χ0) is 16.7. The molecule has 0 saturated heterocycles. The number of carbonyl (C=O) groups is 2. The van der Waals surface area contributed by atoms with Crippen LogP contribution in [-0.2, 0) is 0 Å². The van der Waals surface area contributed by atoms with Crippen molar-refractivity contribution >= 4 is 17.5 Å². The number of aromatic nitrogens is 1. The summed E-state index contributed by atoms with van der Waals surface area (Å²) in [5.74, 6) is -1.08. The Kier molecular flexibility index (Phi) is 5.80. The van der Waals surface area contributed by atoms with E-state index < -0.39 is 5.91 Å². The molecule has 23 heavy (non-hydrogen) atoms. The maximum absolute atomic E-state index is 12.8. The van der Waals surface area contributed by atoms with Crippen molar-refractivity contribution in [3.05, 3.63) is 59.7 Å². The second-order valence-corrected chi connectivity index (χ2v) is 5.00. The first kappa shape index (κ1) is 16.6. The number of unbranched alkanes of at least 4 members (excludes halogenated alkanes) is 1. The summed E-state index contributed by atoms with van der Waals surface area (Å²) in [7, 11) is 0. The molecule has 0 atom stereocenters. The molecule has 0 aliphatic carbocycles. The van der Waals surface area contributed by atoms with E-state index in [2.05, 4.69) is 15.6 Å². The van der Waals surface area contributed by atoms with Gasteiger partial charge in [-0.15, -0.1) is 0 Å². The highest BCUT2D eigenvalue weighted by Gasteiger charge is 2.12. The van der Waals surface area contributed by atoms with Crippen LogP contribution < -0.4 is 10.6 Å². The summed E-state index contributed by atoms with van der Waals surface area (Å²) in [6.45, 7) is 2.63. The Morgan fingerprint density at radius 3 is 2.57 bits per heavy atom. The van der Waals surface area contributed by atoms with Crippen LogP contribution in [0.4, 0.5) is 10.1 Å². The molecule has 120 valence electrons. The van der Waals surface area contributed by atoms with E-state index in [9.17, 15) is 14.0 Å². The van der Waals surface area contributed by atoms with Gasteiger partial charge in [0.15, 0.2) is 0 Å². The number of halogens is 1. The third-order valence-electron chi connectivity index (χ3n) is 3.17. The summed E-state index contributed by atoms with van der Waals surface area (Å²) in [5.41, 5.74) is 0.953. The maximum Gasteiger partial charge on any atom is 0.274 e. The van der Waals surface area contributed by atoms with Crippen LogP contribution in [0, 0.1) is 5.82 Å². The lowest BCUT2D eigenvalue weighted by molar-refractivity contribution is 0.0953. The van der Waals surface area contributed by atoms with Crippen LogP contribution in [-0.4, -0.2) is 23.3 Å². The molecule has 1 heterocycles. The van der Waals surface area contributed by atoms with Crippen LogP contribution in [0.15, 0.2) is 42.6 Å². The standard InChI is InChI=1S/C17H18FN3O2/c1-2-3-9-20-16(22)12-8-10-19-15(11-12)17(23)21-14-6-4-13(18)5-7-14/h4-8,10-11H,2-3,9H2,1H3,(H,20,22)(H,21,23). The first-order valence-electron chi connectivity index (χ1n) is 7.41. The number of rotatable bonds is 6. The number of nitrogens with one attached hydrogen (secondary N) is 2. The first-order chi connectivity index (χ1) is 11.1. The van der Waals surface area contributed by atoms with Crippen LogP contribution in [0.25, 0.3) is 0 Å². The Balaban J connectivity index is 2.04. The molecule has 0 aliphatic rings. The molecule has 1 aromatic carbocycles. The molecule has 6 heteroatoms. The van der Waals surface area contributed by atoms with Crippen molar-refractivity contribution in [2.45, 2.75) is 19.8 Å². The molecular formula is C17H18FN3O2. The first-order valence-corrected chi connectivity index (χ1v) is 7.41. The van der Waals surface area contributed by atoms with Crippen molar-refractivity contribution < 1.29 is 14.0 Å². The number of hydrogen-bond acceptors (Lipinski definition) is 3. The van der Waals surface area contributed by atoms with Crippen LogP contribution in [0.2, 0.25) is 0 Å². The highest BCUT2D eigenvalue weighted by molar-refractivity contribution is 6.04. The van der Waals surface area contributed by atoms with E-state index in [4.69, 9.17) is 0 Å². The summed E-state index contributed by atoms with van der Waals surface area (Å²) in [6.07, 6.45) is 3.30. The van der Waals surface area contributed by atoms with Gasteiger partial charge in [0, 0.05) is 24.0 Å². The molecule has 0 spiro atoms. The Morgan fingerprint density at radius 2 is 1.87 bits per heavy atom. The van der Waals surface area contributed by atoms with E-state index in [0.717, 1.165) is 12.8 Å². The minimum atomic E-state index is -0.459. The number of nitrogens with zero attached hydrogens (tertiary/aromatic N) is 1. The lowest BCUT2D eigenvalue weighted by atomic mass is 10.2. The van der Waals surface area contributed by atoms with E-state index in [-0.39, 0.29) is 17.4 Å². The smallest absolute Gasteiger partial charge is 0.274 e. The summed E-state index contributed by atoms with van der Waals surface area (Å²) < 4.78 is 12.8. The molecule has 0 radical (unpaired) electrons. The monoisotopic (exact) mass is 315 g/mol. The second kappa shape index (κ2) is 8.03. The number of benzene rings is 1. The summed E-state index contributed by atoms with van der Waals surface area (Å²) in [4.78, 5) is 28.1. The lowest BCUT2D eigenvalue weighted by Crippen LogP contribution is -2.25. The van der Waals surface area contributed by atoms with Gasteiger partial charge in [-0.3, -0.25) is 14.6 Å². The average molecular weight is 315 g/mol. The van der Waals surface area contributed by atoms with Gasteiger partial charge >= 0.3 is 0 Å². The molecular weight excluding hydrogens is 297 g/mol. The predicted octanol–water partition coefficient (Wildman–Crippen LogP) is 3.00. The average Bonchev–Trinajstić information content (AvgIpc) is 2.57. The third-order valence-corrected chi connectivity index (χ3v) is 3.17. The van der Waals surface area contributed by atoms with E-state index >= 15 is 0 Å². The fraction of sp³-hybridized carbons (Fsp3) is 0.235. The Bertz CT molecular complexity index is 686. The molecule has 2 amide bonds. The van der Waals surface area contributed by atoms with Gasteiger partial charge in [-0.2, -0.15) is 0 Å². The van der Waals surface area contributed by atoms with Crippen molar-refractivity contribution in [2.75, 3.05) is 11.9 Å². The van der Waals surface area contributed by atoms with Gasteiger partial charge in [-0.1, -0.05) is 13.3 Å². The summed E-state index contributed by atoms with van der Waals surface area (Å²) >= 11 is 0. The van der Waals surface area contributed by atoms with Crippen molar-refractivity contribution in [3.8, 4) is 0 Å². The molecule has 5 nitrogen and oxygen atoms in total. The van der Waals surface area contributed by atoms with Crippen LogP contribution in [0.1, 0.15) is 40.6 Å². The van der Waals surface area contributed by atoms with Gasteiger partial charge in [0.05, 0.1) is 0 Å². The molecule has 2 N–H and O–H groups in total. The minimum Gasteiger partial charge on any atom is -0.352 e. The number of carbonyl (C=O) groups excluding carboxylic acids is 2. The van der Waals surface area contributed by atoms with Crippen LogP contribution >= 0.6 is 0 Å². The van der Waals surface area contributed by atoms with E-state index in [1.54, 1.807) is 6.07 Å². The molecule has 0 fully saturated rings. The van der Waals surface area contributed by atoms with Gasteiger partial charge in [0.2, 0.25) is 0 Å². The minimum absolute atomic E-state index is 0.123. The van der Waals surface area contributed by atoms with Crippen molar-refractivity contribution in [3.63, 3.8) is 0 Å². The van der Waals surface area contributed by atoms with Crippen molar-refractivity contribution in [1.82, 2.24) is 10.3 Å². The number of pyridine rings is 1. The van der Waals surface area contributed by atoms with E-state index in [1.165, 1.54) is 36.5 Å². The quantitative estimate of drug-likeness (QED) is 0.805. The topological polar surface area (TPSA) is 71.1 Å². The largest absolute Gasteiger partial charge is 0.352 e. The molecule has 0 unspecified atom stereocenters. The zero-order valence-electron chi connectivity index (χ0n) is 12.8. The van der Waals surface area contributed by atoms with Crippen molar-refractivity contribution in [2.24, 2.45) is 0 Å². The molecule has 0 saturated carbocycles. The lowest BCUT2D eigenvalue weighted by Gasteiger charge is -2.07. The van der Waals surface area contributed by atoms with E-state index in [0.29, 0.717) is 17.8 Å². The van der Waals surface area contributed by atoms with E-state index in [1.807, 2.05) is 6.92 Å². The van der Waals surface area contributed by atoms with Gasteiger partial charge in [-0.05, 0) is 42.8 Å². The Hall–Kier alpha value is -2.76. The van der Waals surface area contributed by atoms with Crippen LogP contribution in [0.5, 0.6) is 0 Å².